The van der Waals surface area contributed by atoms with E-state index in [4.69, 9.17) is 0 Å². The number of alkyl halides is 3. The smallest absolute Gasteiger partial charge is 0.303 e. The van der Waals surface area contributed by atoms with Crippen molar-refractivity contribution in [3.05, 3.63) is 34.9 Å². The Labute approximate surface area is 119 Å². The summed E-state index contributed by atoms with van der Waals surface area (Å²) < 4.78 is 39.7. The summed E-state index contributed by atoms with van der Waals surface area (Å²) in [4.78, 5) is 0. The third-order valence-corrected chi connectivity index (χ3v) is 3.45. The van der Waals surface area contributed by atoms with E-state index in [9.17, 15) is 13.2 Å². The summed E-state index contributed by atoms with van der Waals surface area (Å²) in [6, 6.07) is 3.76. The van der Waals surface area contributed by atoms with Gasteiger partial charge in [0.1, 0.15) is 6.04 Å². The van der Waals surface area contributed by atoms with E-state index < -0.39 is 12.2 Å². The zero-order valence-corrected chi connectivity index (χ0v) is 12.8. The van der Waals surface area contributed by atoms with Gasteiger partial charge in [-0.1, -0.05) is 52.8 Å². The predicted octanol–water partition coefficient (Wildman–Crippen LogP) is 5.15. The highest BCUT2D eigenvalue weighted by molar-refractivity contribution is 5.38. The van der Waals surface area contributed by atoms with E-state index in [2.05, 4.69) is 5.32 Å². The largest absolute Gasteiger partial charge is 0.407 e. The zero-order chi connectivity index (χ0) is 15.5. The fourth-order valence-corrected chi connectivity index (χ4v) is 2.32. The van der Waals surface area contributed by atoms with Crippen molar-refractivity contribution in [1.29, 1.82) is 0 Å². The molecule has 1 rings (SSSR count). The lowest BCUT2D eigenvalue weighted by Crippen LogP contribution is -2.35. The van der Waals surface area contributed by atoms with Gasteiger partial charge < -0.3 is 5.32 Å². The molecule has 1 atom stereocenters. The van der Waals surface area contributed by atoms with Crippen molar-refractivity contribution in [2.75, 3.05) is 6.54 Å². The van der Waals surface area contributed by atoms with E-state index in [1.807, 2.05) is 39.8 Å². The molecule has 0 heterocycles. The molecule has 20 heavy (non-hydrogen) atoms. The van der Waals surface area contributed by atoms with Gasteiger partial charge in [-0.3, -0.25) is 0 Å². The quantitative estimate of drug-likeness (QED) is 0.790. The van der Waals surface area contributed by atoms with Gasteiger partial charge in [-0.05, 0) is 35.1 Å². The molecule has 0 fully saturated rings. The third kappa shape index (κ3) is 3.98. The maximum Gasteiger partial charge on any atom is 0.407 e. The molecule has 1 unspecified atom stereocenters. The molecule has 0 aliphatic carbocycles. The van der Waals surface area contributed by atoms with Gasteiger partial charge in [0, 0.05) is 0 Å². The van der Waals surface area contributed by atoms with E-state index >= 15 is 0 Å². The molecule has 0 saturated carbocycles. The van der Waals surface area contributed by atoms with Gasteiger partial charge in [0.2, 0.25) is 0 Å². The summed E-state index contributed by atoms with van der Waals surface area (Å²) in [7, 11) is 0. The van der Waals surface area contributed by atoms with Crippen molar-refractivity contribution < 1.29 is 13.2 Å². The van der Waals surface area contributed by atoms with Gasteiger partial charge in [-0.25, -0.2) is 0 Å². The second kappa shape index (κ2) is 6.61. The molecule has 0 saturated heterocycles. The average Bonchev–Trinajstić information content (AvgIpc) is 2.33. The van der Waals surface area contributed by atoms with Crippen molar-refractivity contribution in [2.45, 2.75) is 58.7 Å². The summed E-state index contributed by atoms with van der Waals surface area (Å²) in [6.45, 7) is 9.93. The molecule has 0 amide bonds. The van der Waals surface area contributed by atoms with Crippen molar-refractivity contribution in [3.63, 3.8) is 0 Å². The average molecular weight is 287 g/mol. The van der Waals surface area contributed by atoms with Gasteiger partial charge in [-0.15, -0.1) is 0 Å². The van der Waals surface area contributed by atoms with Crippen LogP contribution in [0, 0.1) is 0 Å². The van der Waals surface area contributed by atoms with Crippen LogP contribution in [-0.2, 0) is 0 Å². The van der Waals surface area contributed by atoms with Gasteiger partial charge in [0.05, 0.1) is 0 Å². The summed E-state index contributed by atoms with van der Waals surface area (Å²) >= 11 is 0. The van der Waals surface area contributed by atoms with Crippen molar-refractivity contribution in [3.8, 4) is 0 Å². The maximum absolute atomic E-state index is 13.2. The molecule has 0 aliphatic heterocycles. The lowest BCUT2D eigenvalue weighted by Gasteiger charge is -2.26. The maximum atomic E-state index is 13.2. The number of rotatable bonds is 5. The lowest BCUT2D eigenvalue weighted by atomic mass is 9.88. The molecule has 0 spiro atoms. The molecular weight excluding hydrogens is 263 g/mol. The van der Waals surface area contributed by atoms with E-state index in [-0.39, 0.29) is 12.5 Å². The van der Waals surface area contributed by atoms with Crippen molar-refractivity contribution in [2.24, 2.45) is 0 Å². The predicted molar refractivity (Wildman–Crippen MR) is 77.1 cm³/mol. The van der Waals surface area contributed by atoms with Crippen LogP contribution in [0.15, 0.2) is 18.2 Å². The first-order valence-electron chi connectivity index (χ1n) is 7.12. The Bertz CT molecular complexity index is 436. The standard InChI is InChI=1S/C16H24F3N/c1-6-20-15(16(17,18)19)13-8-7-12(10(2)3)9-14(13)11(4)5/h7-11,15,20H,6H2,1-5H3. The SMILES string of the molecule is CCNC(c1ccc(C(C)C)cc1C(C)C)C(F)(F)F. The van der Waals surface area contributed by atoms with Crippen LogP contribution in [0.25, 0.3) is 0 Å². The molecule has 4 heteroatoms. The Kier molecular flexibility index (Phi) is 5.63. The number of nitrogens with one attached hydrogen (secondary N) is 1. The first-order chi connectivity index (χ1) is 9.18. The number of hydrogen-bond acceptors (Lipinski definition) is 1. The van der Waals surface area contributed by atoms with Crippen LogP contribution in [0.1, 0.15) is 69.2 Å². The molecule has 0 aromatic heterocycles. The Morgan fingerprint density at radius 1 is 1.00 bits per heavy atom. The highest BCUT2D eigenvalue weighted by atomic mass is 19.4. The van der Waals surface area contributed by atoms with Crippen LogP contribution in [0.2, 0.25) is 0 Å². The van der Waals surface area contributed by atoms with Gasteiger partial charge >= 0.3 is 6.18 Å². The molecular formula is C16H24F3N. The van der Waals surface area contributed by atoms with E-state index in [0.717, 1.165) is 11.1 Å². The second-order valence-corrected chi connectivity index (χ2v) is 5.73. The zero-order valence-electron chi connectivity index (χ0n) is 12.8. The summed E-state index contributed by atoms with van der Waals surface area (Å²) in [5, 5.41) is 2.56. The van der Waals surface area contributed by atoms with E-state index in [1.165, 1.54) is 0 Å². The van der Waals surface area contributed by atoms with Crippen LogP contribution in [-0.4, -0.2) is 12.7 Å². The Hall–Kier alpha value is -1.03. The highest BCUT2D eigenvalue weighted by Crippen LogP contribution is 2.37. The van der Waals surface area contributed by atoms with Gasteiger partial charge in [0.15, 0.2) is 0 Å². The minimum Gasteiger partial charge on any atom is -0.303 e. The molecule has 1 N–H and O–H groups in total. The first-order valence-corrected chi connectivity index (χ1v) is 7.12. The number of hydrogen-bond donors (Lipinski definition) is 1. The minimum absolute atomic E-state index is 0.0622. The topological polar surface area (TPSA) is 12.0 Å². The summed E-state index contributed by atoms with van der Waals surface area (Å²) in [5.74, 6) is 0.372. The monoisotopic (exact) mass is 287 g/mol. The lowest BCUT2D eigenvalue weighted by molar-refractivity contribution is -0.157. The fraction of sp³-hybridized carbons (Fsp3) is 0.625. The van der Waals surface area contributed by atoms with E-state index in [1.54, 1.807) is 13.0 Å². The molecule has 0 bridgehead atoms. The van der Waals surface area contributed by atoms with Gasteiger partial charge in [-0.2, -0.15) is 13.2 Å². The Morgan fingerprint density at radius 2 is 1.60 bits per heavy atom. The van der Waals surface area contributed by atoms with Crippen LogP contribution < -0.4 is 5.32 Å². The minimum atomic E-state index is -4.28. The van der Waals surface area contributed by atoms with Crippen LogP contribution in [0.3, 0.4) is 0 Å². The van der Waals surface area contributed by atoms with Crippen molar-refractivity contribution >= 4 is 0 Å². The van der Waals surface area contributed by atoms with E-state index in [0.29, 0.717) is 11.5 Å². The molecule has 1 nitrogen and oxygen atoms in total. The number of halogens is 3. The second-order valence-electron chi connectivity index (χ2n) is 5.73. The number of benzene rings is 1. The highest BCUT2D eigenvalue weighted by Gasteiger charge is 2.41. The molecule has 114 valence electrons. The molecule has 0 aliphatic rings. The fourth-order valence-electron chi connectivity index (χ4n) is 2.32. The molecule has 1 aromatic rings. The van der Waals surface area contributed by atoms with Crippen molar-refractivity contribution in [1.82, 2.24) is 5.32 Å². The molecule has 1 aromatic carbocycles. The summed E-state index contributed by atoms with van der Waals surface area (Å²) in [6.07, 6.45) is -4.28. The van der Waals surface area contributed by atoms with Crippen LogP contribution >= 0.6 is 0 Å². The normalized spacial score (nSPS) is 14.1. The van der Waals surface area contributed by atoms with Crippen LogP contribution in [0.4, 0.5) is 13.2 Å². The molecule has 0 radical (unpaired) electrons. The summed E-state index contributed by atoms with van der Waals surface area (Å²) in [5.41, 5.74) is 2.20. The van der Waals surface area contributed by atoms with Gasteiger partial charge in [0.25, 0.3) is 0 Å². The van der Waals surface area contributed by atoms with Crippen LogP contribution in [0.5, 0.6) is 0 Å². The first kappa shape index (κ1) is 17.0. The third-order valence-electron chi connectivity index (χ3n) is 3.45. The Morgan fingerprint density at radius 3 is 2.00 bits per heavy atom. The Balaban J connectivity index is 3.34.